The zero-order valence-corrected chi connectivity index (χ0v) is 29.0. The van der Waals surface area contributed by atoms with Crippen molar-refractivity contribution in [2.75, 3.05) is 32.4 Å². The number of benzene rings is 3. The fourth-order valence-electron chi connectivity index (χ4n) is 7.41. The maximum Gasteiger partial charge on any atom is 0.253 e. The van der Waals surface area contributed by atoms with E-state index in [2.05, 4.69) is 15.1 Å². The van der Waals surface area contributed by atoms with Gasteiger partial charge in [0.15, 0.2) is 9.84 Å². The Hall–Kier alpha value is -3.01. The fraction of sp³-hybridized carbons (Fsp3) is 0.405. The monoisotopic (exact) mass is 690 g/mol. The van der Waals surface area contributed by atoms with Crippen molar-refractivity contribution < 1.29 is 13.2 Å². The fourth-order valence-corrected chi connectivity index (χ4v) is 8.35. The van der Waals surface area contributed by atoms with Crippen LogP contribution in [0.2, 0.25) is 10.0 Å². The number of hydrogen-bond acceptors (Lipinski definition) is 6. The molecule has 7 nitrogen and oxygen atoms in total. The van der Waals surface area contributed by atoms with Crippen molar-refractivity contribution in [1.82, 2.24) is 20.1 Å². The molecule has 1 aromatic heterocycles. The lowest BCUT2D eigenvalue weighted by atomic mass is 9.93. The summed E-state index contributed by atoms with van der Waals surface area (Å²) in [6.45, 7) is 4.65. The zero-order valence-electron chi connectivity index (χ0n) is 26.6. The molecule has 1 aliphatic carbocycles. The van der Waals surface area contributed by atoms with Gasteiger partial charge in [-0.05, 0) is 101 Å². The van der Waals surface area contributed by atoms with Gasteiger partial charge in [-0.3, -0.25) is 9.69 Å². The SMILES string of the molecule is CS(=O)(=O)c1ccc2nc(-c3ccc(Cl)c(Cl)c3)c(CN3CCC(N4CCCCC4)CC3)c(C(=O)NC3(c4ccccc4)CC3)c2c1. The number of sulfone groups is 1. The van der Waals surface area contributed by atoms with Crippen LogP contribution in [0.4, 0.5) is 0 Å². The molecular weight excluding hydrogens is 651 g/mol. The van der Waals surface area contributed by atoms with E-state index in [0.29, 0.717) is 44.8 Å². The van der Waals surface area contributed by atoms with Crippen LogP contribution < -0.4 is 5.32 Å². The number of nitrogens with zero attached hydrogens (tertiary/aromatic N) is 3. The minimum Gasteiger partial charge on any atom is -0.342 e. The van der Waals surface area contributed by atoms with Gasteiger partial charge in [0.2, 0.25) is 0 Å². The first-order valence-corrected chi connectivity index (χ1v) is 19.2. The summed E-state index contributed by atoms with van der Waals surface area (Å²) in [5, 5.41) is 4.75. The van der Waals surface area contributed by atoms with Gasteiger partial charge in [-0.1, -0.05) is 66.0 Å². The standard InChI is InChI=1S/C37H40Cl2N4O3S/c1-47(45,46)28-11-13-33-29(23-28)34(36(44)41-37(16-17-37)26-8-4-2-5-9-26)30(35(40-33)25-10-12-31(38)32(39)22-25)24-42-20-14-27(15-21-42)43-18-6-3-7-19-43/h2,4-5,8-13,22-23,27H,3,6-7,14-21,24H2,1H3,(H,41,44). The van der Waals surface area contributed by atoms with Gasteiger partial charge in [0.25, 0.3) is 5.91 Å². The molecule has 4 aromatic rings. The Bertz CT molecular complexity index is 1920. The van der Waals surface area contributed by atoms with E-state index in [1.54, 1.807) is 30.3 Å². The molecule has 0 unspecified atom stereocenters. The van der Waals surface area contributed by atoms with Crippen molar-refractivity contribution >= 4 is 49.8 Å². The van der Waals surface area contributed by atoms with Crippen LogP contribution >= 0.6 is 23.2 Å². The lowest BCUT2D eigenvalue weighted by Crippen LogP contribution is -2.46. The van der Waals surface area contributed by atoms with E-state index in [-0.39, 0.29) is 10.8 Å². The van der Waals surface area contributed by atoms with E-state index < -0.39 is 15.4 Å². The maximum atomic E-state index is 14.7. The number of piperidine rings is 2. The van der Waals surface area contributed by atoms with E-state index >= 15 is 0 Å². The predicted molar refractivity (Wildman–Crippen MR) is 189 cm³/mol. The van der Waals surface area contributed by atoms with Gasteiger partial charge >= 0.3 is 0 Å². The highest BCUT2D eigenvalue weighted by atomic mass is 35.5. The largest absolute Gasteiger partial charge is 0.342 e. The molecule has 3 heterocycles. The number of fused-ring (bicyclic) bond motifs is 1. The lowest BCUT2D eigenvalue weighted by molar-refractivity contribution is 0.0881. The van der Waals surface area contributed by atoms with E-state index in [1.807, 2.05) is 36.4 Å². The number of rotatable bonds is 8. The molecule has 0 atom stereocenters. The highest BCUT2D eigenvalue weighted by molar-refractivity contribution is 7.90. The van der Waals surface area contributed by atoms with Gasteiger partial charge in [-0.25, -0.2) is 13.4 Å². The van der Waals surface area contributed by atoms with Crippen molar-refractivity contribution in [3.8, 4) is 11.3 Å². The molecule has 3 aromatic carbocycles. The summed E-state index contributed by atoms with van der Waals surface area (Å²) in [6, 6.07) is 20.9. The summed E-state index contributed by atoms with van der Waals surface area (Å²) in [6.07, 6.45) is 8.86. The molecule has 0 bridgehead atoms. The predicted octanol–water partition coefficient (Wildman–Crippen LogP) is 7.48. The molecule has 246 valence electrons. The maximum absolute atomic E-state index is 14.7. The summed E-state index contributed by atoms with van der Waals surface area (Å²) < 4.78 is 25.5. The van der Waals surface area contributed by atoms with Crippen LogP contribution in [-0.2, 0) is 21.9 Å². The van der Waals surface area contributed by atoms with Crippen LogP contribution in [0.5, 0.6) is 0 Å². The van der Waals surface area contributed by atoms with E-state index in [9.17, 15) is 13.2 Å². The van der Waals surface area contributed by atoms with E-state index in [0.717, 1.165) is 55.5 Å². The average Bonchev–Trinajstić information content (AvgIpc) is 3.86. The molecule has 3 fully saturated rings. The zero-order chi connectivity index (χ0) is 32.8. The number of nitrogens with one attached hydrogen (secondary N) is 1. The molecule has 0 spiro atoms. The highest BCUT2D eigenvalue weighted by Crippen LogP contribution is 2.46. The Morgan fingerprint density at radius 3 is 2.30 bits per heavy atom. The summed E-state index contributed by atoms with van der Waals surface area (Å²) in [5.41, 5.74) is 3.77. The molecule has 3 aliphatic rings. The van der Waals surface area contributed by atoms with Crippen LogP contribution in [0.1, 0.15) is 66.4 Å². The number of amides is 1. The summed E-state index contributed by atoms with van der Waals surface area (Å²) in [7, 11) is -3.54. The van der Waals surface area contributed by atoms with Crippen LogP contribution in [-0.4, -0.2) is 67.6 Å². The summed E-state index contributed by atoms with van der Waals surface area (Å²) >= 11 is 12.9. The first-order valence-electron chi connectivity index (χ1n) is 16.6. The van der Waals surface area contributed by atoms with Crippen LogP contribution in [0.25, 0.3) is 22.2 Å². The average molecular weight is 692 g/mol. The molecule has 1 N–H and O–H groups in total. The third kappa shape index (κ3) is 6.81. The Balaban J connectivity index is 1.35. The highest BCUT2D eigenvalue weighted by Gasteiger charge is 2.46. The number of carbonyl (C=O) groups is 1. The normalized spacial score (nSPS) is 19.1. The van der Waals surface area contributed by atoms with Crippen molar-refractivity contribution in [3.63, 3.8) is 0 Å². The molecule has 47 heavy (non-hydrogen) atoms. The van der Waals surface area contributed by atoms with Crippen LogP contribution in [0, 0.1) is 0 Å². The van der Waals surface area contributed by atoms with Gasteiger partial charge < -0.3 is 10.2 Å². The van der Waals surface area contributed by atoms with Gasteiger partial charge in [0, 0.05) is 35.4 Å². The molecule has 2 saturated heterocycles. The summed E-state index contributed by atoms with van der Waals surface area (Å²) in [4.78, 5) is 25.0. The number of likely N-dealkylation sites (tertiary alicyclic amines) is 2. The molecule has 10 heteroatoms. The third-order valence-electron chi connectivity index (χ3n) is 10.2. The smallest absolute Gasteiger partial charge is 0.253 e. The van der Waals surface area contributed by atoms with Crippen molar-refractivity contribution in [3.05, 3.63) is 93.5 Å². The van der Waals surface area contributed by atoms with Gasteiger partial charge in [0.1, 0.15) is 0 Å². The number of carbonyl (C=O) groups excluding carboxylic acids is 1. The number of aromatic nitrogens is 1. The van der Waals surface area contributed by atoms with Crippen molar-refractivity contribution in [2.24, 2.45) is 0 Å². The molecule has 1 amide bonds. The van der Waals surface area contributed by atoms with E-state index in [4.69, 9.17) is 28.2 Å². The second-order valence-corrected chi connectivity index (χ2v) is 16.2. The second-order valence-electron chi connectivity index (χ2n) is 13.4. The lowest BCUT2D eigenvalue weighted by Gasteiger charge is -2.40. The molecule has 1 saturated carbocycles. The number of hydrogen-bond donors (Lipinski definition) is 1. The quantitative estimate of drug-likeness (QED) is 0.206. The molecule has 0 radical (unpaired) electrons. The van der Waals surface area contributed by atoms with Crippen LogP contribution in [0.15, 0.2) is 71.6 Å². The molecular formula is C37H40Cl2N4O3S. The van der Waals surface area contributed by atoms with Gasteiger partial charge in [-0.2, -0.15) is 0 Å². The van der Waals surface area contributed by atoms with Crippen molar-refractivity contribution in [2.45, 2.75) is 68.0 Å². The Morgan fingerprint density at radius 1 is 0.915 bits per heavy atom. The first-order chi connectivity index (χ1) is 22.6. The van der Waals surface area contributed by atoms with Crippen LogP contribution in [0.3, 0.4) is 0 Å². The van der Waals surface area contributed by atoms with Gasteiger partial charge in [0.05, 0.1) is 37.3 Å². The van der Waals surface area contributed by atoms with Gasteiger partial charge in [-0.15, -0.1) is 0 Å². The Kier molecular flexibility index (Phi) is 9.09. The minimum atomic E-state index is -3.54. The summed E-state index contributed by atoms with van der Waals surface area (Å²) in [5.74, 6) is -0.232. The van der Waals surface area contributed by atoms with Crippen molar-refractivity contribution in [1.29, 1.82) is 0 Å². The third-order valence-corrected chi connectivity index (χ3v) is 12.0. The topological polar surface area (TPSA) is 82.6 Å². The first kappa shape index (κ1) is 32.5. The molecule has 2 aliphatic heterocycles. The molecule has 7 rings (SSSR count). The number of pyridine rings is 1. The second kappa shape index (κ2) is 13.1. The minimum absolute atomic E-state index is 0.153. The van der Waals surface area contributed by atoms with E-state index in [1.165, 1.54) is 38.6 Å². The Morgan fingerprint density at radius 2 is 1.64 bits per heavy atom. The Labute approximate surface area is 287 Å². The number of halogens is 2.